The van der Waals surface area contributed by atoms with Gasteiger partial charge in [0.25, 0.3) is 5.91 Å². The van der Waals surface area contributed by atoms with E-state index in [1.54, 1.807) is 16.0 Å². The van der Waals surface area contributed by atoms with Crippen molar-refractivity contribution < 1.29 is 4.79 Å². The Bertz CT molecular complexity index is 957. The van der Waals surface area contributed by atoms with Crippen LogP contribution in [0.2, 0.25) is 0 Å². The van der Waals surface area contributed by atoms with Gasteiger partial charge in [0, 0.05) is 26.2 Å². The second-order valence-corrected chi connectivity index (χ2v) is 7.74. The highest BCUT2D eigenvalue weighted by atomic mass is 35.5. The Morgan fingerprint density at radius 1 is 1.39 bits per heavy atom. The molecule has 4 heterocycles. The van der Waals surface area contributed by atoms with Crippen LogP contribution in [0.3, 0.4) is 0 Å². The zero-order valence-corrected chi connectivity index (χ0v) is 18.6. The lowest BCUT2D eigenvalue weighted by Crippen LogP contribution is -2.41. The van der Waals surface area contributed by atoms with Crippen LogP contribution >= 0.6 is 36.2 Å². The van der Waals surface area contributed by atoms with Crippen LogP contribution in [-0.4, -0.2) is 51.8 Å². The number of halogens is 2. The zero-order valence-electron chi connectivity index (χ0n) is 16.1. The van der Waals surface area contributed by atoms with Crippen molar-refractivity contribution in [2.24, 2.45) is 7.05 Å². The lowest BCUT2D eigenvalue weighted by atomic mass is 10.1. The van der Waals surface area contributed by atoms with E-state index in [2.05, 4.69) is 10.4 Å². The number of fused-ring (bicyclic) bond motifs is 1. The van der Waals surface area contributed by atoms with Crippen LogP contribution in [0.25, 0.3) is 21.6 Å². The average Bonchev–Trinajstić information content (AvgIpc) is 3.36. The maximum Gasteiger partial charge on any atom is 0.255 e. The normalized spacial score (nSPS) is 16.1. The minimum absolute atomic E-state index is 0. The number of pyridine rings is 1. The largest absolute Gasteiger partial charge is 0.334 e. The topological polar surface area (TPSA) is 63.1 Å². The molecular weight excluding hydrogens is 417 g/mol. The molecular formula is C19H25Cl2N5OS. The number of carbonyl (C=O) groups excluding carboxylic acids is 1. The predicted molar refractivity (Wildman–Crippen MR) is 119 cm³/mol. The molecule has 0 aliphatic carbocycles. The van der Waals surface area contributed by atoms with Gasteiger partial charge in [-0.3, -0.25) is 9.48 Å². The zero-order chi connectivity index (χ0) is 18.3. The molecule has 1 saturated heterocycles. The van der Waals surface area contributed by atoms with Gasteiger partial charge in [0.05, 0.1) is 27.2 Å². The van der Waals surface area contributed by atoms with Gasteiger partial charge in [-0.15, -0.1) is 36.2 Å². The number of nitrogens with zero attached hydrogens (tertiary/aromatic N) is 4. The van der Waals surface area contributed by atoms with Gasteiger partial charge in [-0.25, -0.2) is 4.98 Å². The first-order valence-electron chi connectivity index (χ1n) is 8.94. The summed E-state index contributed by atoms with van der Waals surface area (Å²) < 4.78 is 1.77. The molecule has 0 saturated carbocycles. The van der Waals surface area contributed by atoms with Crippen molar-refractivity contribution in [2.75, 3.05) is 20.1 Å². The highest BCUT2D eigenvalue weighted by Gasteiger charge is 2.31. The third-order valence-corrected chi connectivity index (χ3v) is 5.94. The van der Waals surface area contributed by atoms with Crippen LogP contribution in [0, 0.1) is 6.92 Å². The first-order valence-corrected chi connectivity index (χ1v) is 9.82. The summed E-state index contributed by atoms with van der Waals surface area (Å²) in [4.78, 5) is 21.3. The summed E-state index contributed by atoms with van der Waals surface area (Å²) in [6.45, 7) is 3.58. The molecule has 0 spiro atoms. The molecule has 4 rings (SSSR count). The van der Waals surface area contributed by atoms with Crippen molar-refractivity contribution in [3.63, 3.8) is 0 Å². The van der Waals surface area contributed by atoms with Crippen molar-refractivity contribution >= 4 is 53.1 Å². The van der Waals surface area contributed by atoms with E-state index in [-0.39, 0.29) is 36.8 Å². The number of hydrogen-bond donors (Lipinski definition) is 1. The van der Waals surface area contributed by atoms with Crippen LogP contribution < -0.4 is 5.32 Å². The van der Waals surface area contributed by atoms with E-state index in [4.69, 9.17) is 4.98 Å². The maximum absolute atomic E-state index is 13.5. The molecule has 3 aromatic heterocycles. The number of likely N-dealkylation sites (N-methyl/N-ethyl adjacent to an activating group) is 1. The standard InChI is InChI=1S/C19H23N5OS.2ClH/c1-12-17-14(19(25)24-8-4-6-13(24)11-20-2)10-15(16-7-5-9-26-16)21-18(17)23(3)22-12;;/h5,7,9-10,13,20H,4,6,8,11H2,1-3H3;2*1H. The van der Waals surface area contributed by atoms with Gasteiger partial charge >= 0.3 is 0 Å². The molecule has 152 valence electrons. The predicted octanol–water partition coefficient (Wildman–Crippen LogP) is 3.67. The van der Waals surface area contributed by atoms with Gasteiger partial charge in [-0.1, -0.05) is 6.07 Å². The molecule has 1 aliphatic rings. The van der Waals surface area contributed by atoms with E-state index < -0.39 is 0 Å². The van der Waals surface area contributed by atoms with Crippen LogP contribution in [0.4, 0.5) is 0 Å². The summed E-state index contributed by atoms with van der Waals surface area (Å²) in [6, 6.07) is 6.24. The Balaban J connectivity index is 0.00000140. The summed E-state index contributed by atoms with van der Waals surface area (Å²) in [5, 5.41) is 10.6. The lowest BCUT2D eigenvalue weighted by molar-refractivity contribution is 0.0739. The molecule has 6 nitrogen and oxygen atoms in total. The highest BCUT2D eigenvalue weighted by Crippen LogP contribution is 2.31. The van der Waals surface area contributed by atoms with Crippen molar-refractivity contribution in [3.05, 3.63) is 34.8 Å². The number of aryl methyl sites for hydroxylation is 2. The first-order chi connectivity index (χ1) is 12.6. The van der Waals surface area contributed by atoms with E-state index >= 15 is 0 Å². The molecule has 0 radical (unpaired) electrons. The van der Waals surface area contributed by atoms with Crippen LogP contribution in [0.15, 0.2) is 23.6 Å². The molecule has 1 fully saturated rings. The number of thiophene rings is 1. The minimum Gasteiger partial charge on any atom is -0.334 e. The second kappa shape index (κ2) is 9.22. The van der Waals surface area contributed by atoms with Gasteiger partial charge in [0.2, 0.25) is 0 Å². The molecule has 1 atom stereocenters. The lowest BCUT2D eigenvalue weighted by Gasteiger charge is -2.25. The summed E-state index contributed by atoms with van der Waals surface area (Å²) in [5.74, 6) is 0.0871. The van der Waals surface area contributed by atoms with Crippen LogP contribution in [0.5, 0.6) is 0 Å². The van der Waals surface area contributed by atoms with Gasteiger partial charge in [-0.2, -0.15) is 5.10 Å². The molecule has 1 unspecified atom stereocenters. The monoisotopic (exact) mass is 441 g/mol. The Morgan fingerprint density at radius 3 is 2.86 bits per heavy atom. The Morgan fingerprint density at radius 2 is 2.18 bits per heavy atom. The van der Waals surface area contributed by atoms with Crippen molar-refractivity contribution in [2.45, 2.75) is 25.8 Å². The van der Waals surface area contributed by atoms with E-state index in [1.807, 2.05) is 49.5 Å². The third kappa shape index (κ3) is 3.89. The summed E-state index contributed by atoms with van der Waals surface area (Å²) >= 11 is 1.63. The van der Waals surface area contributed by atoms with Crippen LogP contribution in [-0.2, 0) is 7.05 Å². The molecule has 28 heavy (non-hydrogen) atoms. The average molecular weight is 442 g/mol. The van der Waals surface area contributed by atoms with E-state index in [0.717, 1.165) is 53.2 Å². The molecule has 9 heteroatoms. The Labute approximate surface area is 181 Å². The summed E-state index contributed by atoms with van der Waals surface area (Å²) in [7, 11) is 3.82. The quantitative estimate of drug-likeness (QED) is 0.670. The van der Waals surface area contributed by atoms with Gasteiger partial charge in [-0.05, 0) is 44.3 Å². The van der Waals surface area contributed by atoms with Crippen molar-refractivity contribution in [1.82, 2.24) is 25.0 Å². The number of rotatable bonds is 4. The Kier molecular flexibility index (Phi) is 7.45. The number of hydrogen-bond acceptors (Lipinski definition) is 5. The van der Waals surface area contributed by atoms with E-state index in [9.17, 15) is 4.79 Å². The minimum atomic E-state index is 0. The SMILES string of the molecule is CNCC1CCCN1C(=O)c1cc(-c2cccs2)nc2c1c(C)nn2C.Cl.Cl. The van der Waals surface area contributed by atoms with E-state index in [1.165, 1.54) is 0 Å². The highest BCUT2D eigenvalue weighted by molar-refractivity contribution is 7.13. The molecule has 1 N–H and O–H groups in total. The second-order valence-electron chi connectivity index (χ2n) is 6.79. The van der Waals surface area contributed by atoms with Gasteiger partial charge in [0.15, 0.2) is 5.65 Å². The maximum atomic E-state index is 13.5. The molecule has 1 amide bonds. The number of carbonyl (C=O) groups is 1. The van der Waals surface area contributed by atoms with Gasteiger partial charge in [0.1, 0.15) is 0 Å². The fraction of sp³-hybridized carbons (Fsp3) is 0.421. The molecule has 0 bridgehead atoms. The molecule has 3 aromatic rings. The van der Waals surface area contributed by atoms with Crippen molar-refractivity contribution in [1.29, 1.82) is 0 Å². The number of aromatic nitrogens is 3. The first kappa shape index (κ1) is 22.6. The number of likely N-dealkylation sites (tertiary alicyclic amines) is 1. The fourth-order valence-electron chi connectivity index (χ4n) is 3.87. The summed E-state index contributed by atoms with van der Waals surface area (Å²) in [5.41, 5.74) is 3.16. The van der Waals surface area contributed by atoms with Crippen LogP contribution in [0.1, 0.15) is 28.9 Å². The number of nitrogens with one attached hydrogen (secondary N) is 1. The number of amides is 1. The third-order valence-electron chi connectivity index (χ3n) is 5.05. The Hall–Kier alpha value is -1.67. The van der Waals surface area contributed by atoms with Gasteiger partial charge < -0.3 is 10.2 Å². The molecule has 0 aromatic carbocycles. The molecule has 1 aliphatic heterocycles. The smallest absolute Gasteiger partial charge is 0.255 e. The fourth-order valence-corrected chi connectivity index (χ4v) is 4.56. The summed E-state index contributed by atoms with van der Waals surface area (Å²) in [6.07, 6.45) is 2.10. The van der Waals surface area contributed by atoms with E-state index in [0.29, 0.717) is 5.56 Å². The van der Waals surface area contributed by atoms with Crippen molar-refractivity contribution in [3.8, 4) is 10.6 Å².